The van der Waals surface area contributed by atoms with Crippen LogP contribution in [0.25, 0.3) is 0 Å². The predicted molar refractivity (Wildman–Crippen MR) is 67.4 cm³/mol. The van der Waals surface area contributed by atoms with E-state index in [1.165, 1.54) is 0 Å². The minimum atomic E-state index is 0.195. The van der Waals surface area contributed by atoms with Crippen LogP contribution in [0.5, 0.6) is 0 Å². The lowest BCUT2D eigenvalue weighted by molar-refractivity contribution is 0.277. The molecule has 1 aliphatic heterocycles. The quantitative estimate of drug-likeness (QED) is 0.830. The first-order chi connectivity index (χ1) is 8.29. The number of anilines is 1. The van der Waals surface area contributed by atoms with E-state index in [0.29, 0.717) is 17.6 Å². The van der Waals surface area contributed by atoms with Crippen molar-refractivity contribution < 1.29 is 5.11 Å². The molecule has 5 nitrogen and oxygen atoms in total. The molecule has 0 saturated carbocycles. The molecule has 0 bridgehead atoms. The zero-order valence-corrected chi connectivity index (χ0v) is 10.4. The first-order valence-corrected chi connectivity index (χ1v) is 6.24. The van der Waals surface area contributed by atoms with Crippen molar-refractivity contribution in [2.45, 2.75) is 18.9 Å². The van der Waals surface area contributed by atoms with Crippen LogP contribution in [0.2, 0.25) is 5.02 Å². The van der Waals surface area contributed by atoms with Crippen molar-refractivity contribution in [3.05, 3.63) is 17.4 Å². The Hall–Kier alpha value is -0.910. The van der Waals surface area contributed by atoms with Crippen LogP contribution in [-0.2, 0) is 0 Å². The van der Waals surface area contributed by atoms with Gasteiger partial charge in [-0.3, -0.25) is 0 Å². The molecular weight excluding hydrogens is 240 g/mol. The fraction of sp³-hybridized carbons (Fsp3) is 0.636. The highest BCUT2D eigenvalue weighted by Crippen LogP contribution is 2.16. The Balaban J connectivity index is 1.84. The Bertz CT molecular complexity index is 338. The zero-order chi connectivity index (χ0) is 12.1. The number of aliphatic hydroxyl groups excluding tert-OH is 1. The van der Waals surface area contributed by atoms with E-state index < -0.39 is 0 Å². The number of rotatable bonds is 4. The Kier molecular flexibility index (Phi) is 4.53. The molecule has 1 aliphatic rings. The van der Waals surface area contributed by atoms with E-state index in [4.69, 9.17) is 16.7 Å². The lowest BCUT2D eigenvalue weighted by Crippen LogP contribution is -2.43. The van der Waals surface area contributed by atoms with E-state index in [1.54, 1.807) is 12.4 Å². The fourth-order valence-electron chi connectivity index (χ4n) is 2.02. The van der Waals surface area contributed by atoms with Crippen LogP contribution in [0.1, 0.15) is 12.8 Å². The largest absolute Gasteiger partial charge is 0.395 e. The van der Waals surface area contributed by atoms with Crippen LogP contribution >= 0.6 is 11.6 Å². The van der Waals surface area contributed by atoms with Gasteiger partial charge >= 0.3 is 0 Å². The molecular formula is C11H17ClN4O. The summed E-state index contributed by atoms with van der Waals surface area (Å²) < 4.78 is 0. The van der Waals surface area contributed by atoms with Gasteiger partial charge in [0.25, 0.3) is 0 Å². The zero-order valence-electron chi connectivity index (χ0n) is 9.64. The first kappa shape index (κ1) is 12.5. The van der Waals surface area contributed by atoms with Gasteiger partial charge in [0.2, 0.25) is 5.95 Å². The Morgan fingerprint density at radius 1 is 1.35 bits per heavy atom. The topological polar surface area (TPSA) is 61.3 Å². The van der Waals surface area contributed by atoms with E-state index >= 15 is 0 Å². The van der Waals surface area contributed by atoms with Gasteiger partial charge in [0.1, 0.15) is 0 Å². The molecule has 1 aromatic heterocycles. The maximum atomic E-state index is 8.75. The van der Waals surface area contributed by atoms with E-state index in [-0.39, 0.29) is 6.61 Å². The molecule has 6 heteroatoms. The van der Waals surface area contributed by atoms with Gasteiger partial charge in [-0.1, -0.05) is 11.6 Å². The van der Waals surface area contributed by atoms with Crippen molar-refractivity contribution in [1.82, 2.24) is 15.3 Å². The minimum Gasteiger partial charge on any atom is -0.395 e. The van der Waals surface area contributed by atoms with Gasteiger partial charge < -0.3 is 15.3 Å². The highest BCUT2D eigenvalue weighted by Gasteiger charge is 2.20. The van der Waals surface area contributed by atoms with E-state index in [2.05, 4.69) is 20.2 Å². The maximum absolute atomic E-state index is 8.75. The van der Waals surface area contributed by atoms with Crippen LogP contribution < -0.4 is 10.2 Å². The number of piperidine rings is 1. The third-order valence-corrected chi connectivity index (χ3v) is 3.12. The molecule has 0 atom stereocenters. The lowest BCUT2D eigenvalue weighted by atomic mass is 10.1. The molecule has 0 spiro atoms. The summed E-state index contributed by atoms with van der Waals surface area (Å²) >= 11 is 5.75. The summed E-state index contributed by atoms with van der Waals surface area (Å²) in [5.41, 5.74) is 0. The third kappa shape index (κ3) is 3.52. The molecule has 0 amide bonds. The van der Waals surface area contributed by atoms with Crippen LogP contribution in [0.15, 0.2) is 12.4 Å². The summed E-state index contributed by atoms with van der Waals surface area (Å²) in [4.78, 5) is 10.6. The average Bonchev–Trinajstić information content (AvgIpc) is 2.38. The lowest BCUT2D eigenvalue weighted by Gasteiger charge is -2.32. The second-order valence-electron chi connectivity index (χ2n) is 4.14. The smallest absolute Gasteiger partial charge is 0.225 e. The van der Waals surface area contributed by atoms with Crippen LogP contribution in [-0.4, -0.2) is 47.4 Å². The van der Waals surface area contributed by atoms with Gasteiger partial charge in [-0.15, -0.1) is 0 Å². The number of nitrogens with one attached hydrogen (secondary N) is 1. The van der Waals surface area contributed by atoms with Crippen molar-refractivity contribution >= 4 is 17.5 Å². The molecule has 0 unspecified atom stereocenters. The molecule has 1 saturated heterocycles. The van der Waals surface area contributed by atoms with Gasteiger partial charge in [-0.05, 0) is 12.8 Å². The molecule has 0 aromatic carbocycles. The van der Waals surface area contributed by atoms with Crippen LogP contribution in [0.3, 0.4) is 0 Å². The van der Waals surface area contributed by atoms with E-state index in [0.717, 1.165) is 31.9 Å². The van der Waals surface area contributed by atoms with Gasteiger partial charge in [-0.25, -0.2) is 9.97 Å². The number of hydrogen-bond acceptors (Lipinski definition) is 5. The summed E-state index contributed by atoms with van der Waals surface area (Å²) in [5.74, 6) is 0.745. The maximum Gasteiger partial charge on any atom is 0.225 e. The average molecular weight is 257 g/mol. The van der Waals surface area contributed by atoms with Gasteiger partial charge in [0.05, 0.1) is 24.0 Å². The number of nitrogens with zero attached hydrogens (tertiary/aromatic N) is 3. The number of hydrogen-bond donors (Lipinski definition) is 2. The molecule has 1 aromatic rings. The van der Waals surface area contributed by atoms with Crippen molar-refractivity contribution in [2.24, 2.45) is 0 Å². The van der Waals surface area contributed by atoms with Crippen molar-refractivity contribution in [3.8, 4) is 0 Å². The summed E-state index contributed by atoms with van der Waals surface area (Å²) in [6.07, 6.45) is 5.35. The van der Waals surface area contributed by atoms with Crippen molar-refractivity contribution in [2.75, 3.05) is 31.1 Å². The standard InChI is InChI=1S/C11H17ClN4O/c12-9-7-14-11(15-8-9)16-4-1-10(2-5-16)13-3-6-17/h7-8,10,13,17H,1-6H2. The minimum absolute atomic E-state index is 0.195. The molecule has 0 radical (unpaired) electrons. The number of aromatic nitrogens is 2. The van der Waals surface area contributed by atoms with E-state index in [1.807, 2.05) is 0 Å². The Morgan fingerprint density at radius 2 is 2.00 bits per heavy atom. The molecule has 2 N–H and O–H groups in total. The molecule has 2 heterocycles. The molecule has 1 fully saturated rings. The molecule has 94 valence electrons. The Morgan fingerprint density at radius 3 is 2.59 bits per heavy atom. The molecule has 2 rings (SSSR count). The normalized spacial score (nSPS) is 17.4. The van der Waals surface area contributed by atoms with Crippen molar-refractivity contribution in [1.29, 1.82) is 0 Å². The molecule has 0 aliphatic carbocycles. The highest BCUT2D eigenvalue weighted by atomic mass is 35.5. The van der Waals surface area contributed by atoms with Crippen molar-refractivity contribution in [3.63, 3.8) is 0 Å². The first-order valence-electron chi connectivity index (χ1n) is 5.86. The van der Waals surface area contributed by atoms with E-state index in [9.17, 15) is 0 Å². The van der Waals surface area contributed by atoms with Crippen LogP contribution in [0, 0.1) is 0 Å². The van der Waals surface area contributed by atoms with Gasteiger partial charge in [-0.2, -0.15) is 0 Å². The van der Waals surface area contributed by atoms with Gasteiger partial charge in [0.15, 0.2) is 0 Å². The fourth-order valence-corrected chi connectivity index (χ4v) is 2.12. The SMILES string of the molecule is OCCNC1CCN(c2ncc(Cl)cn2)CC1. The number of halogens is 1. The third-order valence-electron chi connectivity index (χ3n) is 2.93. The second kappa shape index (κ2) is 6.14. The second-order valence-corrected chi connectivity index (χ2v) is 4.58. The highest BCUT2D eigenvalue weighted by molar-refractivity contribution is 6.30. The molecule has 17 heavy (non-hydrogen) atoms. The summed E-state index contributed by atoms with van der Waals surface area (Å²) in [7, 11) is 0. The number of aliphatic hydroxyl groups is 1. The summed E-state index contributed by atoms with van der Waals surface area (Å²) in [5, 5.41) is 12.6. The summed E-state index contributed by atoms with van der Waals surface area (Å²) in [6, 6.07) is 0.491. The predicted octanol–water partition coefficient (Wildman–Crippen LogP) is 0.681. The summed E-state index contributed by atoms with van der Waals surface area (Å²) in [6.45, 7) is 2.73. The monoisotopic (exact) mass is 256 g/mol. The van der Waals surface area contributed by atoms with Gasteiger partial charge in [0, 0.05) is 25.7 Å². The van der Waals surface area contributed by atoms with Crippen LogP contribution in [0.4, 0.5) is 5.95 Å². The Labute approximate surface area is 106 Å².